The third-order valence-corrected chi connectivity index (χ3v) is 7.74. The zero-order valence-electron chi connectivity index (χ0n) is 18.6. The van der Waals surface area contributed by atoms with Crippen molar-refractivity contribution in [2.75, 3.05) is 19.7 Å². The molecule has 3 aliphatic heterocycles. The lowest BCUT2D eigenvalue weighted by atomic mass is 9.75. The molecule has 1 spiro atoms. The normalized spacial score (nSPS) is 28.4. The van der Waals surface area contributed by atoms with E-state index in [2.05, 4.69) is 10.2 Å². The van der Waals surface area contributed by atoms with Crippen LogP contribution in [0.5, 0.6) is 0 Å². The first-order valence-electron chi connectivity index (χ1n) is 11.8. The molecule has 174 valence electrons. The number of nitrogens with zero attached hydrogens (tertiary/aromatic N) is 2. The Morgan fingerprint density at radius 1 is 1.12 bits per heavy atom. The van der Waals surface area contributed by atoms with Gasteiger partial charge in [0, 0.05) is 25.7 Å². The molecule has 7 heteroatoms. The van der Waals surface area contributed by atoms with Crippen LogP contribution >= 0.6 is 0 Å². The van der Waals surface area contributed by atoms with Gasteiger partial charge in [0.15, 0.2) is 0 Å². The van der Waals surface area contributed by atoms with E-state index in [4.69, 9.17) is 0 Å². The Hall–Kier alpha value is -2.77. The molecule has 2 aromatic carbocycles. The van der Waals surface area contributed by atoms with Crippen molar-refractivity contribution in [1.29, 1.82) is 0 Å². The standard InChI is InChI=1S/C26H30FN3O3/c27-20-8-6-19(7-9-20)17-29-23(24(32)28-13-11-18-4-2-1-3-5-18)26-12-10-21(30(26)14-15-31)16-22(26)25(29)33/h1-9,21-23,31H,10-17H2,(H,28,32)/t21?,22-,23+,26?/m1/s1. The number of benzene rings is 2. The van der Waals surface area contributed by atoms with Crippen molar-refractivity contribution in [2.45, 2.75) is 49.9 Å². The summed E-state index contributed by atoms with van der Waals surface area (Å²) in [6.45, 7) is 1.22. The number of carbonyl (C=O) groups excluding carboxylic acids is 2. The van der Waals surface area contributed by atoms with Gasteiger partial charge in [-0.25, -0.2) is 4.39 Å². The molecule has 2 bridgehead atoms. The van der Waals surface area contributed by atoms with Crippen molar-refractivity contribution >= 4 is 11.8 Å². The lowest BCUT2D eigenvalue weighted by molar-refractivity contribution is -0.138. The minimum absolute atomic E-state index is 0.000527. The number of rotatable bonds is 8. The zero-order valence-corrected chi connectivity index (χ0v) is 18.6. The molecule has 0 aliphatic carbocycles. The molecule has 2 unspecified atom stereocenters. The van der Waals surface area contributed by atoms with E-state index in [1.54, 1.807) is 17.0 Å². The Morgan fingerprint density at radius 2 is 1.88 bits per heavy atom. The van der Waals surface area contributed by atoms with Crippen LogP contribution < -0.4 is 5.32 Å². The highest BCUT2D eigenvalue weighted by atomic mass is 19.1. The maximum atomic E-state index is 13.7. The number of aliphatic hydroxyl groups is 1. The van der Waals surface area contributed by atoms with E-state index in [-0.39, 0.29) is 42.7 Å². The molecule has 3 fully saturated rings. The molecule has 33 heavy (non-hydrogen) atoms. The van der Waals surface area contributed by atoms with Gasteiger partial charge in [0.05, 0.1) is 18.1 Å². The zero-order chi connectivity index (χ0) is 23.0. The molecule has 5 rings (SSSR count). The average molecular weight is 452 g/mol. The van der Waals surface area contributed by atoms with Gasteiger partial charge >= 0.3 is 0 Å². The minimum Gasteiger partial charge on any atom is -0.395 e. The number of hydrogen-bond donors (Lipinski definition) is 2. The SMILES string of the molecule is O=C(NCCc1ccccc1)[C@@H]1N(Cc2ccc(F)cc2)C(=O)[C@H]2CC3CCC21N3CCO. The molecule has 0 aromatic heterocycles. The molecule has 0 saturated carbocycles. The molecule has 3 saturated heterocycles. The number of β-amino-alcohol motifs (C(OH)–C–C–N with tert-alkyl or cyclic N) is 1. The van der Waals surface area contributed by atoms with Gasteiger partial charge in [-0.2, -0.15) is 0 Å². The lowest BCUT2D eigenvalue weighted by Crippen LogP contribution is -2.60. The maximum Gasteiger partial charge on any atom is 0.244 e. The van der Waals surface area contributed by atoms with E-state index in [9.17, 15) is 19.1 Å². The van der Waals surface area contributed by atoms with Gasteiger partial charge in [-0.3, -0.25) is 14.5 Å². The Labute approximate surface area is 193 Å². The van der Waals surface area contributed by atoms with Crippen LogP contribution in [0.3, 0.4) is 0 Å². The largest absolute Gasteiger partial charge is 0.395 e. The van der Waals surface area contributed by atoms with Gasteiger partial charge in [-0.05, 0) is 48.9 Å². The Morgan fingerprint density at radius 3 is 2.61 bits per heavy atom. The van der Waals surface area contributed by atoms with Crippen LogP contribution in [0.2, 0.25) is 0 Å². The first kappa shape index (κ1) is 22.0. The molecule has 0 radical (unpaired) electrons. The fraction of sp³-hybridized carbons (Fsp3) is 0.462. The topological polar surface area (TPSA) is 72.9 Å². The predicted molar refractivity (Wildman–Crippen MR) is 122 cm³/mol. The molecule has 2 N–H and O–H groups in total. The number of carbonyl (C=O) groups is 2. The van der Waals surface area contributed by atoms with E-state index < -0.39 is 11.6 Å². The maximum absolute atomic E-state index is 13.7. The number of likely N-dealkylation sites (tertiary alicyclic amines) is 1. The predicted octanol–water partition coefficient (Wildman–Crippen LogP) is 2.11. The Bertz CT molecular complexity index is 1020. The molecule has 2 aromatic rings. The smallest absolute Gasteiger partial charge is 0.244 e. The molecule has 6 nitrogen and oxygen atoms in total. The van der Waals surface area contributed by atoms with Crippen LogP contribution in [0.1, 0.15) is 30.4 Å². The van der Waals surface area contributed by atoms with Gasteiger partial charge in [0.2, 0.25) is 11.8 Å². The van der Waals surface area contributed by atoms with Crippen LogP contribution in [0, 0.1) is 11.7 Å². The van der Waals surface area contributed by atoms with Gasteiger partial charge in [-0.15, -0.1) is 0 Å². The van der Waals surface area contributed by atoms with Crippen molar-refractivity contribution in [1.82, 2.24) is 15.1 Å². The minimum atomic E-state index is -0.630. The Balaban J connectivity index is 1.41. The number of fused-ring (bicyclic) bond motifs is 1. The summed E-state index contributed by atoms with van der Waals surface area (Å²) < 4.78 is 13.4. The summed E-state index contributed by atoms with van der Waals surface area (Å²) in [6.07, 6.45) is 3.14. The summed E-state index contributed by atoms with van der Waals surface area (Å²) in [5.74, 6) is -0.722. The van der Waals surface area contributed by atoms with Gasteiger partial charge in [-0.1, -0.05) is 42.5 Å². The second-order valence-corrected chi connectivity index (χ2v) is 9.41. The summed E-state index contributed by atoms with van der Waals surface area (Å²) in [5, 5.41) is 12.8. The summed E-state index contributed by atoms with van der Waals surface area (Å²) in [5.41, 5.74) is 1.36. The van der Waals surface area contributed by atoms with Crippen molar-refractivity contribution in [3.8, 4) is 0 Å². The third-order valence-electron chi connectivity index (χ3n) is 7.74. The fourth-order valence-electron chi connectivity index (χ4n) is 6.42. The number of amides is 2. The lowest BCUT2D eigenvalue weighted by Gasteiger charge is -2.40. The van der Waals surface area contributed by atoms with Crippen LogP contribution in [-0.2, 0) is 22.6 Å². The Kier molecular flexibility index (Phi) is 5.93. The first-order chi connectivity index (χ1) is 16.0. The summed E-state index contributed by atoms with van der Waals surface area (Å²) >= 11 is 0. The average Bonchev–Trinajstić information content (AvgIpc) is 3.41. The highest BCUT2D eigenvalue weighted by Gasteiger charge is 2.71. The highest BCUT2D eigenvalue weighted by Crippen LogP contribution is 2.57. The number of hydrogen-bond acceptors (Lipinski definition) is 4. The van der Waals surface area contributed by atoms with Gasteiger partial charge in [0.25, 0.3) is 0 Å². The van der Waals surface area contributed by atoms with Crippen molar-refractivity contribution in [2.24, 2.45) is 5.92 Å². The second kappa shape index (κ2) is 8.88. The number of aliphatic hydroxyl groups excluding tert-OH is 1. The summed E-state index contributed by atoms with van der Waals surface area (Å²) in [4.78, 5) is 31.2. The quantitative estimate of drug-likeness (QED) is 0.645. The molecule has 4 atom stereocenters. The molecule has 3 heterocycles. The number of nitrogens with one attached hydrogen (secondary N) is 1. The van der Waals surface area contributed by atoms with Crippen molar-refractivity contribution in [3.05, 3.63) is 71.5 Å². The first-order valence-corrected chi connectivity index (χ1v) is 11.8. The third kappa shape index (κ3) is 3.73. The van der Waals surface area contributed by atoms with E-state index in [0.717, 1.165) is 30.4 Å². The fourth-order valence-corrected chi connectivity index (χ4v) is 6.42. The van der Waals surface area contributed by atoms with Gasteiger partial charge in [0.1, 0.15) is 11.9 Å². The van der Waals surface area contributed by atoms with Crippen molar-refractivity contribution in [3.63, 3.8) is 0 Å². The second-order valence-electron chi connectivity index (χ2n) is 9.41. The van der Waals surface area contributed by atoms with Gasteiger partial charge < -0.3 is 15.3 Å². The molecular weight excluding hydrogens is 421 g/mol. The van der Waals surface area contributed by atoms with E-state index in [0.29, 0.717) is 19.5 Å². The van der Waals surface area contributed by atoms with Crippen molar-refractivity contribution < 1.29 is 19.1 Å². The highest BCUT2D eigenvalue weighted by molar-refractivity contribution is 5.96. The molecular formula is C26H30FN3O3. The van der Waals surface area contributed by atoms with Crippen LogP contribution in [0.25, 0.3) is 0 Å². The van der Waals surface area contributed by atoms with E-state index >= 15 is 0 Å². The van der Waals surface area contributed by atoms with E-state index in [1.165, 1.54) is 12.1 Å². The summed E-state index contributed by atoms with van der Waals surface area (Å²) in [6, 6.07) is 15.7. The number of halogens is 1. The monoisotopic (exact) mass is 451 g/mol. The van der Waals surface area contributed by atoms with Crippen LogP contribution in [0.4, 0.5) is 4.39 Å². The summed E-state index contributed by atoms with van der Waals surface area (Å²) in [7, 11) is 0. The van der Waals surface area contributed by atoms with Crippen LogP contribution in [0.15, 0.2) is 54.6 Å². The van der Waals surface area contributed by atoms with Crippen LogP contribution in [-0.4, -0.2) is 64.0 Å². The molecule has 3 aliphatic rings. The molecule has 2 amide bonds. The van der Waals surface area contributed by atoms with E-state index in [1.807, 2.05) is 30.3 Å².